The van der Waals surface area contributed by atoms with Gasteiger partial charge in [0.25, 0.3) is 0 Å². The molecule has 0 saturated carbocycles. The number of hydrogen-bond donors (Lipinski definition) is 1. The Morgan fingerprint density at radius 1 is 1.29 bits per heavy atom. The highest BCUT2D eigenvalue weighted by Gasteiger charge is 2.28. The van der Waals surface area contributed by atoms with Crippen LogP contribution in [0.4, 0.5) is 0 Å². The largest absolute Gasteiger partial charge is 0.478 e. The van der Waals surface area contributed by atoms with E-state index in [1.165, 1.54) is 28.6 Å². The number of carboxylic acids is 1. The smallest absolute Gasteiger partial charge is 0.335 e. The molecule has 0 atom stereocenters. The van der Waals surface area contributed by atoms with Gasteiger partial charge in [0.15, 0.2) is 0 Å². The molecule has 1 saturated heterocycles. The van der Waals surface area contributed by atoms with Crippen molar-refractivity contribution < 1.29 is 18.3 Å². The molecular formula is C14H16N2O4S. The lowest BCUT2D eigenvalue weighted by atomic mass is 10.2. The fourth-order valence-corrected chi connectivity index (χ4v) is 3.66. The molecule has 1 N–H and O–H groups in total. The lowest BCUT2D eigenvalue weighted by Gasteiger charge is -2.32. The van der Waals surface area contributed by atoms with E-state index in [1.54, 1.807) is 0 Å². The van der Waals surface area contributed by atoms with Gasteiger partial charge < -0.3 is 5.11 Å². The quantitative estimate of drug-likeness (QED) is 0.811. The molecule has 0 spiro atoms. The van der Waals surface area contributed by atoms with E-state index in [0.29, 0.717) is 32.7 Å². The summed E-state index contributed by atoms with van der Waals surface area (Å²) in [6, 6.07) is 5.40. The van der Waals surface area contributed by atoms with E-state index in [9.17, 15) is 13.2 Å². The van der Waals surface area contributed by atoms with Gasteiger partial charge in [0.2, 0.25) is 10.0 Å². The Bertz CT molecular complexity index is 670. The molecule has 2 rings (SSSR count). The zero-order chi connectivity index (χ0) is 15.5. The Balaban J connectivity index is 2.18. The number of rotatable bonds is 4. The van der Waals surface area contributed by atoms with Gasteiger partial charge in [0.1, 0.15) is 0 Å². The molecule has 0 bridgehead atoms. The molecular weight excluding hydrogens is 292 g/mol. The number of piperazine rings is 1. The topological polar surface area (TPSA) is 77.9 Å². The molecule has 6 nitrogen and oxygen atoms in total. The molecule has 0 amide bonds. The van der Waals surface area contributed by atoms with Crippen LogP contribution in [0.1, 0.15) is 10.4 Å². The van der Waals surface area contributed by atoms with Gasteiger partial charge >= 0.3 is 5.97 Å². The van der Waals surface area contributed by atoms with E-state index in [1.807, 2.05) is 4.90 Å². The minimum Gasteiger partial charge on any atom is -0.478 e. The van der Waals surface area contributed by atoms with Crippen LogP contribution in [0.5, 0.6) is 0 Å². The summed E-state index contributed by atoms with van der Waals surface area (Å²) in [5.74, 6) is 1.39. The van der Waals surface area contributed by atoms with E-state index >= 15 is 0 Å². The lowest BCUT2D eigenvalue weighted by Crippen LogP contribution is -2.48. The molecule has 0 aliphatic carbocycles. The molecule has 7 heteroatoms. The van der Waals surface area contributed by atoms with Crippen LogP contribution in [0, 0.1) is 12.3 Å². The summed E-state index contributed by atoms with van der Waals surface area (Å²) in [4.78, 5) is 12.9. The number of terminal acetylenes is 1. The first kappa shape index (κ1) is 15.5. The molecule has 1 aromatic carbocycles. The zero-order valence-corrected chi connectivity index (χ0v) is 12.2. The lowest BCUT2D eigenvalue weighted by molar-refractivity contribution is 0.0696. The summed E-state index contributed by atoms with van der Waals surface area (Å²) in [6.45, 7) is 2.34. The van der Waals surface area contributed by atoms with E-state index in [4.69, 9.17) is 11.5 Å². The molecule has 1 heterocycles. The van der Waals surface area contributed by atoms with Crippen molar-refractivity contribution in [1.82, 2.24) is 9.21 Å². The van der Waals surface area contributed by atoms with Crippen molar-refractivity contribution in [2.75, 3.05) is 32.7 Å². The van der Waals surface area contributed by atoms with Gasteiger partial charge in [-0.25, -0.2) is 13.2 Å². The van der Waals surface area contributed by atoms with Crippen LogP contribution >= 0.6 is 0 Å². The van der Waals surface area contributed by atoms with E-state index in [0.717, 1.165) is 0 Å². The summed E-state index contributed by atoms with van der Waals surface area (Å²) in [7, 11) is -3.66. The van der Waals surface area contributed by atoms with Gasteiger partial charge in [0.05, 0.1) is 17.0 Å². The molecule has 112 valence electrons. The van der Waals surface area contributed by atoms with Gasteiger partial charge in [-0.1, -0.05) is 12.0 Å². The highest BCUT2D eigenvalue weighted by Crippen LogP contribution is 2.18. The average Bonchev–Trinajstić information content (AvgIpc) is 2.48. The zero-order valence-electron chi connectivity index (χ0n) is 11.4. The first-order valence-corrected chi connectivity index (χ1v) is 7.88. The van der Waals surface area contributed by atoms with E-state index in [-0.39, 0.29) is 10.5 Å². The Labute approximate surface area is 124 Å². The molecule has 0 aromatic heterocycles. The molecule has 0 radical (unpaired) electrons. The molecule has 21 heavy (non-hydrogen) atoms. The minimum atomic E-state index is -3.66. The second-order valence-corrected chi connectivity index (χ2v) is 6.66. The van der Waals surface area contributed by atoms with Crippen LogP contribution in [0.15, 0.2) is 29.2 Å². The highest BCUT2D eigenvalue weighted by molar-refractivity contribution is 7.89. The number of aromatic carboxylic acids is 1. The summed E-state index contributed by atoms with van der Waals surface area (Å²) in [6.07, 6.45) is 5.24. The number of carbonyl (C=O) groups is 1. The van der Waals surface area contributed by atoms with Crippen molar-refractivity contribution >= 4 is 16.0 Å². The van der Waals surface area contributed by atoms with Crippen LogP contribution in [0.25, 0.3) is 0 Å². The first-order chi connectivity index (χ1) is 9.95. The van der Waals surface area contributed by atoms with E-state index in [2.05, 4.69) is 5.92 Å². The van der Waals surface area contributed by atoms with Gasteiger partial charge in [0, 0.05) is 26.2 Å². The number of hydrogen-bond acceptors (Lipinski definition) is 4. The summed E-state index contributed by atoms with van der Waals surface area (Å²) < 4.78 is 26.4. The Hall–Kier alpha value is -1.88. The SMILES string of the molecule is C#CCN1CCN(S(=O)(=O)c2cccc(C(=O)O)c2)CC1. The monoisotopic (exact) mass is 308 g/mol. The normalized spacial score (nSPS) is 17.3. The van der Waals surface area contributed by atoms with Crippen molar-refractivity contribution in [2.24, 2.45) is 0 Å². The standard InChI is InChI=1S/C14H16N2O4S/c1-2-6-15-7-9-16(10-8-15)21(19,20)13-5-3-4-12(11-13)14(17)18/h1,3-5,11H,6-10H2,(H,17,18). The van der Waals surface area contributed by atoms with Crippen LogP contribution in [-0.4, -0.2) is 61.4 Å². The fourth-order valence-electron chi connectivity index (χ4n) is 2.20. The minimum absolute atomic E-state index is 0.00722. The average molecular weight is 308 g/mol. The third kappa shape index (κ3) is 3.42. The molecule has 0 unspecified atom stereocenters. The number of benzene rings is 1. The maximum absolute atomic E-state index is 12.5. The van der Waals surface area contributed by atoms with Gasteiger partial charge in [-0.2, -0.15) is 4.31 Å². The number of nitrogens with zero attached hydrogens (tertiary/aromatic N) is 2. The Morgan fingerprint density at radius 3 is 2.52 bits per heavy atom. The number of sulfonamides is 1. The second kappa shape index (κ2) is 6.26. The molecule has 1 aliphatic rings. The Morgan fingerprint density at radius 2 is 1.95 bits per heavy atom. The Kier molecular flexibility index (Phi) is 4.63. The van der Waals surface area contributed by atoms with Crippen LogP contribution in [0.3, 0.4) is 0 Å². The summed E-state index contributed by atoms with van der Waals surface area (Å²) in [5, 5.41) is 8.95. The number of carboxylic acid groups (broad SMARTS) is 1. The van der Waals surface area contributed by atoms with Crippen LogP contribution in [-0.2, 0) is 10.0 Å². The molecule has 1 aliphatic heterocycles. The van der Waals surface area contributed by atoms with Crippen molar-refractivity contribution in [1.29, 1.82) is 0 Å². The van der Waals surface area contributed by atoms with Crippen molar-refractivity contribution in [3.8, 4) is 12.3 Å². The maximum atomic E-state index is 12.5. The van der Waals surface area contributed by atoms with Crippen molar-refractivity contribution in [2.45, 2.75) is 4.90 Å². The van der Waals surface area contributed by atoms with Crippen LogP contribution in [0.2, 0.25) is 0 Å². The molecule has 1 fully saturated rings. The van der Waals surface area contributed by atoms with Gasteiger partial charge in [-0.15, -0.1) is 6.42 Å². The predicted molar refractivity (Wildman–Crippen MR) is 77.4 cm³/mol. The first-order valence-electron chi connectivity index (χ1n) is 6.44. The summed E-state index contributed by atoms with van der Waals surface area (Å²) in [5.41, 5.74) is -0.0398. The fraction of sp³-hybridized carbons (Fsp3) is 0.357. The van der Waals surface area contributed by atoms with Gasteiger partial charge in [-0.3, -0.25) is 4.90 Å². The third-order valence-electron chi connectivity index (χ3n) is 3.36. The predicted octanol–water partition coefficient (Wildman–Crippen LogP) is 0.324. The van der Waals surface area contributed by atoms with Crippen LogP contribution < -0.4 is 0 Å². The molecule has 1 aromatic rings. The maximum Gasteiger partial charge on any atom is 0.335 e. The van der Waals surface area contributed by atoms with Crippen molar-refractivity contribution in [3.63, 3.8) is 0 Å². The van der Waals surface area contributed by atoms with Gasteiger partial charge in [-0.05, 0) is 18.2 Å². The summed E-state index contributed by atoms with van der Waals surface area (Å²) >= 11 is 0. The third-order valence-corrected chi connectivity index (χ3v) is 5.26. The van der Waals surface area contributed by atoms with Crippen molar-refractivity contribution in [3.05, 3.63) is 29.8 Å². The highest BCUT2D eigenvalue weighted by atomic mass is 32.2. The van der Waals surface area contributed by atoms with E-state index < -0.39 is 16.0 Å². The second-order valence-electron chi connectivity index (χ2n) is 4.72.